The van der Waals surface area contributed by atoms with Crippen molar-refractivity contribution in [2.24, 2.45) is 0 Å². The summed E-state index contributed by atoms with van der Waals surface area (Å²) in [5.41, 5.74) is -0.208. The van der Waals surface area contributed by atoms with Gasteiger partial charge in [-0.1, -0.05) is 0 Å². The molecule has 2 rings (SSSR count). The maximum atomic E-state index is 14.2. The number of fused-ring (bicyclic) bond motifs is 2. The lowest BCUT2D eigenvalue weighted by molar-refractivity contribution is -0.0887. The summed E-state index contributed by atoms with van der Waals surface area (Å²) >= 11 is 0. The highest BCUT2D eigenvalue weighted by molar-refractivity contribution is 5.10. The third-order valence-electron chi connectivity index (χ3n) is 4.27. The van der Waals surface area contributed by atoms with Crippen LogP contribution in [0.1, 0.15) is 48.0 Å². The molecule has 2 aliphatic heterocycles. The minimum Gasteiger partial charge on any atom is -0.295 e. The van der Waals surface area contributed by atoms with E-state index in [1.807, 2.05) is 20.8 Å². The fraction of sp³-hybridized carbons (Fsp3) is 1.00. The predicted molar refractivity (Wildman–Crippen MR) is 70.1 cm³/mol. The van der Waals surface area contributed by atoms with Crippen molar-refractivity contribution in [2.45, 2.75) is 77.0 Å². The summed E-state index contributed by atoms with van der Waals surface area (Å²) < 4.78 is 28.3. The maximum Gasteiger partial charge on any atom is 0.266 e. The van der Waals surface area contributed by atoms with Gasteiger partial charge in [0.2, 0.25) is 0 Å². The molecule has 4 heteroatoms. The van der Waals surface area contributed by atoms with E-state index in [9.17, 15) is 8.78 Å². The highest BCUT2D eigenvalue weighted by Crippen LogP contribution is 2.46. The van der Waals surface area contributed by atoms with Gasteiger partial charge in [0.05, 0.1) is 6.04 Å². The third-order valence-corrected chi connectivity index (χ3v) is 4.27. The summed E-state index contributed by atoms with van der Waals surface area (Å²) in [6.07, 6.45) is 0.0154. The number of rotatable bonds is 0. The first-order valence-electron chi connectivity index (χ1n) is 6.84. The first-order chi connectivity index (χ1) is 7.93. The smallest absolute Gasteiger partial charge is 0.266 e. The van der Waals surface area contributed by atoms with Gasteiger partial charge in [0.15, 0.2) is 0 Å². The number of piperazine rings is 1. The van der Waals surface area contributed by atoms with E-state index in [0.717, 1.165) is 6.54 Å². The fourth-order valence-corrected chi connectivity index (χ4v) is 3.48. The second-order valence-electron chi connectivity index (χ2n) is 7.79. The molecule has 106 valence electrons. The van der Waals surface area contributed by atoms with Gasteiger partial charge in [-0.05, 0) is 41.5 Å². The Balaban J connectivity index is 2.28. The summed E-state index contributed by atoms with van der Waals surface area (Å²) in [7, 11) is 0. The van der Waals surface area contributed by atoms with Gasteiger partial charge in [-0.3, -0.25) is 9.80 Å². The highest BCUT2D eigenvalue weighted by Gasteiger charge is 2.60. The number of alkyl halides is 2. The molecule has 2 bridgehead atoms. The van der Waals surface area contributed by atoms with Crippen LogP contribution in [0.5, 0.6) is 0 Å². The lowest BCUT2D eigenvalue weighted by Crippen LogP contribution is -2.64. The first kappa shape index (κ1) is 14.2. The molecule has 2 atom stereocenters. The van der Waals surface area contributed by atoms with Crippen LogP contribution in [0.2, 0.25) is 0 Å². The summed E-state index contributed by atoms with van der Waals surface area (Å²) in [6.45, 7) is 13.7. The van der Waals surface area contributed by atoms with Crippen molar-refractivity contribution in [2.75, 3.05) is 13.1 Å². The Kier molecular flexibility index (Phi) is 3.07. The molecule has 0 aromatic heterocycles. The standard InChI is InChI=1S/C14H26F2N2/c1-12(2,3)17-8-10-7-14(15,16)11(9-17)18(10)13(4,5)6/h10-11H,7-9H2,1-6H3. The van der Waals surface area contributed by atoms with Gasteiger partial charge < -0.3 is 0 Å². The normalized spacial score (nSPS) is 34.0. The quantitative estimate of drug-likeness (QED) is 0.660. The van der Waals surface area contributed by atoms with Gasteiger partial charge in [0.1, 0.15) is 0 Å². The van der Waals surface area contributed by atoms with Crippen LogP contribution in [0.25, 0.3) is 0 Å². The van der Waals surface area contributed by atoms with Crippen LogP contribution in [-0.2, 0) is 0 Å². The van der Waals surface area contributed by atoms with Crippen LogP contribution in [0.3, 0.4) is 0 Å². The van der Waals surface area contributed by atoms with Gasteiger partial charge in [-0.2, -0.15) is 0 Å². The predicted octanol–water partition coefficient (Wildman–Crippen LogP) is 2.98. The van der Waals surface area contributed by atoms with Crippen LogP contribution >= 0.6 is 0 Å². The molecular weight excluding hydrogens is 234 g/mol. The zero-order chi connectivity index (χ0) is 13.9. The maximum absolute atomic E-state index is 14.2. The van der Waals surface area contributed by atoms with E-state index in [1.165, 1.54) is 0 Å². The van der Waals surface area contributed by atoms with E-state index in [2.05, 4.69) is 30.6 Å². The summed E-state index contributed by atoms with van der Waals surface area (Å²) in [5, 5.41) is 0. The second kappa shape index (κ2) is 3.89. The molecule has 0 spiro atoms. The number of likely N-dealkylation sites (tertiary alicyclic amines) is 1. The largest absolute Gasteiger partial charge is 0.295 e. The molecule has 0 amide bonds. The zero-order valence-electron chi connectivity index (χ0n) is 12.4. The van der Waals surface area contributed by atoms with Crippen molar-refractivity contribution in [3.63, 3.8) is 0 Å². The van der Waals surface area contributed by atoms with E-state index < -0.39 is 12.0 Å². The third kappa shape index (κ3) is 2.29. The van der Waals surface area contributed by atoms with E-state index in [4.69, 9.17) is 0 Å². The molecule has 0 aromatic carbocycles. The van der Waals surface area contributed by atoms with E-state index in [0.29, 0.717) is 6.54 Å². The minimum atomic E-state index is -2.54. The molecule has 0 radical (unpaired) electrons. The van der Waals surface area contributed by atoms with Crippen molar-refractivity contribution < 1.29 is 8.78 Å². The van der Waals surface area contributed by atoms with Crippen LogP contribution < -0.4 is 0 Å². The van der Waals surface area contributed by atoms with Crippen molar-refractivity contribution in [3.8, 4) is 0 Å². The fourth-order valence-electron chi connectivity index (χ4n) is 3.48. The molecule has 0 aliphatic carbocycles. The van der Waals surface area contributed by atoms with Crippen LogP contribution in [-0.4, -0.2) is 52.0 Å². The summed E-state index contributed by atoms with van der Waals surface area (Å²) in [6, 6.07) is -0.645. The molecule has 0 saturated carbocycles. The molecule has 2 saturated heterocycles. The average molecular weight is 260 g/mol. The molecular formula is C14H26F2N2. The Morgan fingerprint density at radius 3 is 1.89 bits per heavy atom. The first-order valence-corrected chi connectivity index (χ1v) is 6.84. The topological polar surface area (TPSA) is 6.48 Å². The molecule has 2 fully saturated rings. The summed E-state index contributed by atoms with van der Waals surface area (Å²) in [5.74, 6) is -2.54. The van der Waals surface area contributed by atoms with E-state index in [1.54, 1.807) is 0 Å². The molecule has 2 unspecified atom stereocenters. The Morgan fingerprint density at radius 2 is 1.50 bits per heavy atom. The Bertz CT molecular complexity index is 328. The van der Waals surface area contributed by atoms with Crippen molar-refractivity contribution in [1.29, 1.82) is 0 Å². The monoisotopic (exact) mass is 260 g/mol. The van der Waals surface area contributed by atoms with Crippen molar-refractivity contribution in [1.82, 2.24) is 9.80 Å². The van der Waals surface area contributed by atoms with Crippen molar-refractivity contribution >= 4 is 0 Å². The van der Waals surface area contributed by atoms with Gasteiger partial charge in [0, 0.05) is 36.6 Å². The van der Waals surface area contributed by atoms with Gasteiger partial charge in [0.25, 0.3) is 5.92 Å². The van der Waals surface area contributed by atoms with Crippen LogP contribution in [0.15, 0.2) is 0 Å². The second-order valence-corrected chi connectivity index (χ2v) is 7.79. The Hall–Kier alpha value is -0.220. The SMILES string of the molecule is CC(C)(C)N1CC2CC(F)(F)C(C1)N2C(C)(C)C. The minimum absolute atomic E-state index is 0.0154. The number of nitrogens with zero attached hydrogens (tertiary/aromatic N) is 2. The highest BCUT2D eigenvalue weighted by atomic mass is 19.3. The van der Waals surface area contributed by atoms with Gasteiger partial charge >= 0.3 is 0 Å². The lowest BCUT2D eigenvalue weighted by Gasteiger charge is -2.51. The molecule has 2 aliphatic rings. The molecule has 2 heterocycles. The summed E-state index contributed by atoms with van der Waals surface area (Å²) in [4.78, 5) is 4.26. The number of hydrogen-bond acceptors (Lipinski definition) is 2. The Morgan fingerprint density at radius 1 is 0.944 bits per heavy atom. The molecule has 0 N–H and O–H groups in total. The van der Waals surface area contributed by atoms with E-state index in [-0.39, 0.29) is 23.5 Å². The number of halogens is 2. The van der Waals surface area contributed by atoms with Crippen molar-refractivity contribution in [3.05, 3.63) is 0 Å². The van der Waals surface area contributed by atoms with Gasteiger partial charge in [-0.25, -0.2) is 8.78 Å². The van der Waals surface area contributed by atoms with Gasteiger partial charge in [-0.15, -0.1) is 0 Å². The number of hydrogen-bond donors (Lipinski definition) is 0. The van der Waals surface area contributed by atoms with Crippen LogP contribution in [0, 0.1) is 0 Å². The van der Waals surface area contributed by atoms with E-state index >= 15 is 0 Å². The van der Waals surface area contributed by atoms with Crippen LogP contribution in [0.4, 0.5) is 8.78 Å². The average Bonchev–Trinajstić information content (AvgIpc) is 2.27. The molecule has 18 heavy (non-hydrogen) atoms. The molecule has 0 aromatic rings. The lowest BCUT2D eigenvalue weighted by atomic mass is 9.96. The zero-order valence-corrected chi connectivity index (χ0v) is 12.4. The Labute approximate surface area is 109 Å². The molecule has 2 nitrogen and oxygen atoms in total.